The predicted octanol–water partition coefficient (Wildman–Crippen LogP) is 3.14. The van der Waals surface area contributed by atoms with E-state index in [1.165, 1.54) is 11.3 Å². The largest absolute Gasteiger partial charge is 0.493 e. The van der Waals surface area contributed by atoms with Gasteiger partial charge in [0.25, 0.3) is 0 Å². The highest BCUT2D eigenvalue weighted by Gasteiger charge is 2.20. The molecule has 3 N–H and O–H groups in total. The van der Waals surface area contributed by atoms with E-state index in [4.69, 9.17) is 15.2 Å². The standard InChI is InChI=1S/C17H23N3O3S/c1-5-10(2)15(18)16(21)20-17-19-12(9-24-17)11-6-7-13(22-3)14(8-11)23-4/h6-10,15H,5,18H2,1-4H3,(H,19,20,21). The maximum Gasteiger partial charge on any atom is 0.243 e. The van der Waals surface area contributed by atoms with E-state index < -0.39 is 6.04 Å². The molecule has 1 heterocycles. The molecule has 0 aliphatic heterocycles. The zero-order valence-electron chi connectivity index (χ0n) is 14.3. The van der Waals surface area contributed by atoms with Gasteiger partial charge in [-0.05, 0) is 24.1 Å². The van der Waals surface area contributed by atoms with Crippen LogP contribution in [0.1, 0.15) is 20.3 Å². The number of carbonyl (C=O) groups excluding carboxylic acids is 1. The second-order valence-corrected chi connectivity index (χ2v) is 6.37. The molecule has 24 heavy (non-hydrogen) atoms. The first-order valence-corrected chi connectivity index (χ1v) is 8.62. The van der Waals surface area contributed by atoms with Gasteiger partial charge in [0.1, 0.15) is 0 Å². The van der Waals surface area contributed by atoms with Gasteiger partial charge >= 0.3 is 0 Å². The maximum atomic E-state index is 12.1. The number of nitrogens with zero attached hydrogens (tertiary/aromatic N) is 1. The fraction of sp³-hybridized carbons (Fsp3) is 0.412. The van der Waals surface area contributed by atoms with Crippen LogP contribution in [0.2, 0.25) is 0 Å². The Morgan fingerprint density at radius 2 is 2.04 bits per heavy atom. The van der Waals surface area contributed by atoms with Crippen molar-refractivity contribution in [3.8, 4) is 22.8 Å². The van der Waals surface area contributed by atoms with Crippen LogP contribution in [0.15, 0.2) is 23.6 Å². The van der Waals surface area contributed by atoms with Crippen LogP contribution in [0.5, 0.6) is 11.5 Å². The lowest BCUT2D eigenvalue weighted by Gasteiger charge is -2.16. The lowest BCUT2D eigenvalue weighted by Crippen LogP contribution is -2.40. The predicted molar refractivity (Wildman–Crippen MR) is 96.7 cm³/mol. The van der Waals surface area contributed by atoms with Gasteiger partial charge in [-0.1, -0.05) is 20.3 Å². The molecular weight excluding hydrogens is 326 g/mol. The molecule has 0 fully saturated rings. The molecule has 2 aromatic rings. The highest BCUT2D eigenvalue weighted by molar-refractivity contribution is 7.14. The van der Waals surface area contributed by atoms with Gasteiger partial charge in [0.15, 0.2) is 16.6 Å². The smallest absolute Gasteiger partial charge is 0.243 e. The van der Waals surface area contributed by atoms with Gasteiger partial charge in [0.05, 0.1) is 26.0 Å². The summed E-state index contributed by atoms with van der Waals surface area (Å²) < 4.78 is 10.5. The van der Waals surface area contributed by atoms with E-state index >= 15 is 0 Å². The Morgan fingerprint density at radius 3 is 2.67 bits per heavy atom. The first-order chi connectivity index (χ1) is 11.5. The van der Waals surface area contributed by atoms with Gasteiger partial charge in [0.2, 0.25) is 5.91 Å². The van der Waals surface area contributed by atoms with Crippen molar-refractivity contribution in [2.75, 3.05) is 19.5 Å². The van der Waals surface area contributed by atoms with Crippen LogP contribution in [0.4, 0.5) is 5.13 Å². The van der Waals surface area contributed by atoms with Gasteiger partial charge in [-0.2, -0.15) is 0 Å². The molecule has 0 spiro atoms. The average Bonchev–Trinajstić information content (AvgIpc) is 3.07. The Balaban J connectivity index is 2.15. The molecule has 2 unspecified atom stereocenters. The molecule has 0 bridgehead atoms. The summed E-state index contributed by atoms with van der Waals surface area (Å²) in [6.45, 7) is 3.97. The first kappa shape index (κ1) is 18.2. The number of amides is 1. The molecule has 0 saturated heterocycles. The molecule has 0 aliphatic carbocycles. The van der Waals surface area contributed by atoms with E-state index in [0.717, 1.165) is 17.7 Å². The number of rotatable bonds is 7. The maximum absolute atomic E-state index is 12.1. The number of benzene rings is 1. The van der Waals surface area contributed by atoms with E-state index in [1.54, 1.807) is 14.2 Å². The number of ether oxygens (including phenoxy) is 2. The Kier molecular flexibility index (Phi) is 6.16. The summed E-state index contributed by atoms with van der Waals surface area (Å²) >= 11 is 1.36. The summed E-state index contributed by atoms with van der Waals surface area (Å²) in [4.78, 5) is 16.6. The Hall–Kier alpha value is -2.12. The van der Waals surface area contributed by atoms with Gasteiger partial charge in [0, 0.05) is 10.9 Å². The van der Waals surface area contributed by atoms with Gasteiger partial charge in [-0.3, -0.25) is 4.79 Å². The van der Waals surface area contributed by atoms with Crippen molar-refractivity contribution < 1.29 is 14.3 Å². The summed E-state index contributed by atoms with van der Waals surface area (Å²) in [5.74, 6) is 1.20. The lowest BCUT2D eigenvalue weighted by molar-refractivity contribution is -0.118. The minimum absolute atomic E-state index is 0.121. The molecule has 0 radical (unpaired) electrons. The molecule has 0 saturated carbocycles. The topological polar surface area (TPSA) is 86.5 Å². The normalized spacial score (nSPS) is 13.2. The molecule has 6 nitrogen and oxygen atoms in total. The Morgan fingerprint density at radius 1 is 1.33 bits per heavy atom. The molecule has 130 valence electrons. The van der Waals surface area contributed by atoms with Crippen molar-refractivity contribution in [2.45, 2.75) is 26.3 Å². The van der Waals surface area contributed by atoms with Gasteiger partial charge in [-0.25, -0.2) is 4.98 Å². The van der Waals surface area contributed by atoms with Crippen molar-refractivity contribution in [3.05, 3.63) is 23.6 Å². The van der Waals surface area contributed by atoms with E-state index in [1.807, 2.05) is 37.4 Å². The third-order valence-electron chi connectivity index (χ3n) is 3.97. The second kappa shape index (κ2) is 8.12. The molecule has 1 aromatic carbocycles. The fourth-order valence-corrected chi connectivity index (χ4v) is 2.88. The van der Waals surface area contributed by atoms with Crippen LogP contribution in [-0.2, 0) is 4.79 Å². The van der Waals surface area contributed by atoms with Crippen LogP contribution in [-0.4, -0.2) is 31.2 Å². The van der Waals surface area contributed by atoms with Crippen molar-refractivity contribution >= 4 is 22.4 Å². The average molecular weight is 349 g/mol. The quantitative estimate of drug-likeness (QED) is 0.802. The number of nitrogens with two attached hydrogens (primary N) is 1. The second-order valence-electron chi connectivity index (χ2n) is 5.51. The summed E-state index contributed by atoms with van der Waals surface area (Å²) in [5, 5.41) is 5.20. The molecule has 0 aliphatic rings. The van der Waals surface area contributed by atoms with Crippen molar-refractivity contribution in [1.29, 1.82) is 0 Å². The van der Waals surface area contributed by atoms with Crippen molar-refractivity contribution in [2.24, 2.45) is 11.7 Å². The zero-order chi connectivity index (χ0) is 17.7. The van der Waals surface area contributed by atoms with E-state index in [0.29, 0.717) is 16.6 Å². The fourth-order valence-electron chi connectivity index (χ4n) is 2.16. The number of anilines is 1. The molecule has 7 heteroatoms. The van der Waals surface area contributed by atoms with E-state index in [2.05, 4.69) is 10.3 Å². The third-order valence-corrected chi connectivity index (χ3v) is 4.73. The number of nitrogens with one attached hydrogen (secondary N) is 1. The number of hydrogen-bond donors (Lipinski definition) is 2. The molecule has 2 rings (SSSR count). The van der Waals surface area contributed by atoms with Crippen LogP contribution in [0, 0.1) is 5.92 Å². The van der Waals surface area contributed by atoms with Crippen molar-refractivity contribution in [3.63, 3.8) is 0 Å². The molecule has 1 amide bonds. The number of hydrogen-bond acceptors (Lipinski definition) is 6. The Bertz CT molecular complexity index is 702. The summed E-state index contributed by atoms with van der Waals surface area (Å²) in [7, 11) is 3.18. The van der Waals surface area contributed by atoms with Gasteiger partial charge in [-0.15, -0.1) is 11.3 Å². The zero-order valence-corrected chi connectivity index (χ0v) is 15.1. The minimum Gasteiger partial charge on any atom is -0.493 e. The summed E-state index contributed by atoms with van der Waals surface area (Å²) in [5.41, 5.74) is 7.58. The Labute approximate surface area is 146 Å². The van der Waals surface area contributed by atoms with Crippen LogP contribution in [0.25, 0.3) is 11.3 Å². The molecule has 1 aromatic heterocycles. The molecular formula is C17H23N3O3S. The van der Waals surface area contributed by atoms with Crippen LogP contribution >= 0.6 is 11.3 Å². The summed E-state index contributed by atoms with van der Waals surface area (Å²) in [6, 6.07) is 5.03. The number of aromatic nitrogens is 1. The van der Waals surface area contributed by atoms with E-state index in [9.17, 15) is 4.79 Å². The molecule has 2 atom stereocenters. The first-order valence-electron chi connectivity index (χ1n) is 7.74. The lowest BCUT2D eigenvalue weighted by atomic mass is 10.00. The van der Waals surface area contributed by atoms with Crippen LogP contribution < -0.4 is 20.5 Å². The number of carbonyl (C=O) groups is 1. The monoisotopic (exact) mass is 349 g/mol. The van der Waals surface area contributed by atoms with E-state index in [-0.39, 0.29) is 11.8 Å². The third kappa shape index (κ3) is 4.04. The SMILES string of the molecule is CCC(C)C(N)C(=O)Nc1nc(-c2ccc(OC)c(OC)c2)cs1. The van der Waals surface area contributed by atoms with Crippen LogP contribution in [0.3, 0.4) is 0 Å². The number of methoxy groups -OCH3 is 2. The highest BCUT2D eigenvalue weighted by atomic mass is 32.1. The van der Waals surface area contributed by atoms with Gasteiger partial charge < -0.3 is 20.5 Å². The number of thiazole rings is 1. The van der Waals surface area contributed by atoms with Crippen molar-refractivity contribution in [1.82, 2.24) is 4.98 Å². The highest BCUT2D eigenvalue weighted by Crippen LogP contribution is 2.33. The minimum atomic E-state index is -0.538. The summed E-state index contributed by atoms with van der Waals surface area (Å²) in [6.07, 6.45) is 0.851.